The number of furan rings is 1. The largest absolute Gasteiger partial charge is 0.459 e. The van der Waals surface area contributed by atoms with E-state index < -0.39 is 0 Å². The van der Waals surface area contributed by atoms with Gasteiger partial charge in [-0.25, -0.2) is 0 Å². The van der Waals surface area contributed by atoms with Crippen LogP contribution in [0.25, 0.3) is 11.7 Å². The van der Waals surface area contributed by atoms with Crippen molar-refractivity contribution in [3.63, 3.8) is 0 Å². The molecule has 19 heavy (non-hydrogen) atoms. The van der Waals surface area contributed by atoms with Crippen LogP contribution in [-0.4, -0.2) is 28.2 Å². The average Bonchev–Trinajstić information content (AvgIpc) is 3.09. The van der Waals surface area contributed by atoms with Crippen molar-refractivity contribution in [2.24, 2.45) is 5.92 Å². The second-order valence-electron chi connectivity index (χ2n) is 5.13. The van der Waals surface area contributed by atoms with Crippen molar-refractivity contribution in [3.8, 4) is 11.7 Å². The van der Waals surface area contributed by atoms with E-state index in [0.717, 1.165) is 25.6 Å². The monoisotopic (exact) mass is 261 g/mol. The van der Waals surface area contributed by atoms with Crippen LogP contribution in [0.5, 0.6) is 0 Å². The summed E-state index contributed by atoms with van der Waals surface area (Å²) < 4.78 is 10.9. The van der Waals surface area contributed by atoms with Crippen molar-refractivity contribution < 1.29 is 8.83 Å². The smallest absolute Gasteiger partial charge is 0.283 e. The molecule has 0 saturated carbocycles. The fourth-order valence-electron chi connectivity index (χ4n) is 2.64. The van der Waals surface area contributed by atoms with E-state index in [2.05, 4.69) is 22.0 Å². The lowest BCUT2D eigenvalue weighted by Gasteiger charge is -2.31. The Hall–Kier alpha value is -1.62. The van der Waals surface area contributed by atoms with Crippen LogP contribution in [0.3, 0.4) is 0 Å². The van der Waals surface area contributed by atoms with Gasteiger partial charge in [0.05, 0.1) is 12.8 Å². The maximum absolute atomic E-state index is 5.64. The molecule has 102 valence electrons. The number of hydrogen-bond donors (Lipinski definition) is 0. The second kappa shape index (κ2) is 5.57. The van der Waals surface area contributed by atoms with Crippen molar-refractivity contribution in [1.82, 2.24) is 15.1 Å². The van der Waals surface area contributed by atoms with Gasteiger partial charge in [-0.15, -0.1) is 10.2 Å². The Kier molecular flexibility index (Phi) is 3.64. The van der Waals surface area contributed by atoms with Gasteiger partial charge in [-0.05, 0) is 37.4 Å². The van der Waals surface area contributed by atoms with Gasteiger partial charge in [0, 0.05) is 6.54 Å². The van der Waals surface area contributed by atoms with E-state index in [1.165, 1.54) is 19.3 Å². The van der Waals surface area contributed by atoms with Gasteiger partial charge < -0.3 is 8.83 Å². The van der Waals surface area contributed by atoms with Gasteiger partial charge in [0.25, 0.3) is 5.89 Å². The zero-order valence-corrected chi connectivity index (χ0v) is 11.2. The summed E-state index contributed by atoms with van der Waals surface area (Å²) in [6, 6.07) is 3.64. The van der Waals surface area contributed by atoms with E-state index in [1.54, 1.807) is 6.26 Å². The number of rotatable bonds is 4. The molecule has 0 aliphatic carbocycles. The third kappa shape index (κ3) is 2.87. The molecule has 0 N–H and O–H groups in total. The quantitative estimate of drug-likeness (QED) is 0.847. The number of aromatic nitrogens is 2. The second-order valence-corrected chi connectivity index (χ2v) is 5.13. The molecule has 0 aromatic carbocycles. The van der Waals surface area contributed by atoms with E-state index in [4.69, 9.17) is 8.83 Å². The van der Waals surface area contributed by atoms with Gasteiger partial charge in [0.2, 0.25) is 5.89 Å². The summed E-state index contributed by atoms with van der Waals surface area (Å²) in [5.74, 6) is 2.57. The first-order valence-corrected chi connectivity index (χ1v) is 6.93. The molecular formula is C14H19N3O2. The number of hydrogen-bond acceptors (Lipinski definition) is 5. The lowest BCUT2D eigenvalue weighted by Crippen LogP contribution is -2.34. The van der Waals surface area contributed by atoms with Crippen LogP contribution >= 0.6 is 0 Å². The average molecular weight is 261 g/mol. The van der Waals surface area contributed by atoms with E-state index in [0.29, 0.717) is 17.5 Å². The van der Waals surface area contributed by atoms with Gasteiger partial charge in [0.1, 0.15) is 0 Å². The molecule has 0 amide bonds. The van der Waals surface area contributed by atoms with Crippen LogP contribution in [0.4, 0.5) is 0 Å². The molecule has 0 unspecified atom stereocenters. The summed E-state index contributed by atoms with van der Waals surface area (Å²) in [5, 5.41) is 8.13. The van der Waals surface area contributed by atoms with Crippen LogP contribution < -0.4 is 0 Å². The first-order valence-electron chi connectivity index (χ1n) is 6.93. The lowest BCUT2D eigenvalue weighted by atomic mass is 9.96. The van der Waals surface area contributed by atoms with Crippen molar-refractivity contribution in [1.29, 1.82) is 0 Å². The maximum atomic E-state index is 5.64. The molecule has 5 heteroatoms. The molecular weight excluding hydrogens is 242 g/mol. The fourth-order valence-corrected chi connectivity index (χ4v) is 2.64. The van der Waals surface area contributed by atoms with Gasteiger partial charge >= 0.3 is 0 Å². The van der Waals surface area contributed by atoms with Gasteiger partial charge in [-0.2, -0.15) is 0 Å². The molecule has 0 spiro atoms. The highest BCUT2D eigenvalue weighted by atomic mass is 16.4. The Morgan fingerprint density at radius 2 is 2.37 bits per heavy atom. The van der Waals surface area contributed by atoms with E-state index in [-0.39, 0.29) is 0 Å². The summed E-state index contributed by atoms with van der Waals surface area (Å²) in [4.78, 5) is 2.40. The van der Waals surface area contributed by atoms with Crippen LogP contribution in [-0.2, 0) is 6.54 Å². The minimum Gasteiger partial charge on any atom is -0.459 e. The standard InChI is InChI=1S/C14H19N3O2/c1-2-11-5-3-7-17(9-11)10-13-15-16-14(19-13)12-6-4-8-18-12/h4,6,8,11H,2-3,5,7,9-10H2,1H3/t11-/m1/s1. The van der Waals surface area contributed by atoms with Crippen LogP contribution in [0, 0.1) is 5.92 Å². The van der Waals surface area contributed by atoms with Crippen molar-refractivity contribution >= 4 is 0 Å². The van der Waals surface area contributed by atoms with Crippen LogP contribution in [0.15, 0.2) is 27.2 Å². The molecule has 3 rings (SSSR count). The number of likely N-dealkylation sites (tertiary alicyclic amines) is 1. The van der Waals surface area contributed by atoms with E-state index >= 15 is 0 Å². The molecule has 3 heterocycles. The zero-order valence-electron chi connectivity index (χ0n) is 11.2. The molecule has 0 radical (unpaired) electrons. The Balaban J connectivity index is 1.64. The van der Waals surface area contributed by atoms with E-state index in [1.807, 2.05) is 12.1 Å². The summed E-state index contributed by atoms with van der Waals surface area (Å²) in [6.45, 7) is 5.25. The summed E-state index contributed by atoms with van der Waals surface area (Å²) in [6.07, 6.45) is 5.46. The van der Waals surface area contributed by atoms with Crippen molar-refractivity contribution in [3.05, 3.63) is 24.3 Å². The highest BCUT2D eigenvalue weighted by Crippen LogP contribution is 2.22. The summed E-state index contributed by atoms with van der Waals surface area (Å²) in [5.41, 5.74) is 0. The molecule has 1 saturated heterocycles. The molecule has 2 aromatic rings. The molecule has 1 atom stereocenters. The number of nitrogens with zero attached hydrogens (tertiary/aromatic N) is 3. The third-order valence-electron chi connectivity index (χ3n) is 3.74. The first kappa shape index (κ1) is 12.4. The zero-order chi connectivity index (χ0) is 13.1. The molecule has 2 aromatic heterocycles. The Bertz CT molecular complexity index is 507. The van der Waals surface area contributed by atoms with Crippen LogP contribution in [0.1, 0.15) is 32.1 Å². The first-order chi connectivity index (χ1) is 9.35. The van der Waals surface area contributed by atoms with Crippen LogP contribution in [0.2, 0.25) is 0 Å². The Labute approximate surface area is 112 Å². The van der Waals surface area contributed by atoms with E-state index in [9.17, 15) is 0 Å². The van der Waals surface area contributed by atoms with Gasteiger partial charge in [0.15, 0.2) is 5.76 Å². The minimum absolute atomic E-state index is 0.462. The number of piperidine rings is 1. The fraction of sp³-hybridized carbons (Fsp3) is 0.571. The lowest BCUT2D eigenvalue weighted by molar-refractivity contribution is 0.152. The molecule has 5 nitrogen and oxygen atoms in total. The molecule has 1 aliphatic heterocycles. The van der Waals surface area contributed by atoms with Crippen molar-refractivity contribution in [2.75, 3.05) is 13.1 Å². The SMILES string of the molecule is CC[C@@H]1CCCN(Cc2nnc(-c3ccco3)o2)C1. The topological polar surface area (TPSA) is 55.3 Å². The normalized spacial score (nSPS) is 20.8. The van der Waals surface area contributed by atoms with Crippen molar-refractivity contribution in [2.45, 2.75) is 32.7 Å². The molecule has 0 bridgehead atoms. The minimum atomic E-state index is 0.462. The molecule has 1 fully saturated rings. The predicted molar refractivity (Wildman–Crippen MR) is 70.3 cm³/mol. The summed E-state index contributed by atoms with van der Waals surface area (Å²) in [7, 11) is 0. The highest BCUT2D eigenvalue weighted by Gasteiger charge is 2.20. The third-order valence-corrected chi connectivity index (χ3v) is 3.74. The maximum Gasteiger partial charge on any atom is 0.283 e. The predicted octanol–water partition coefficient (Wildman–Crippen LogP) is 2.95. The Morgan fingerprint density at radius 3 is 3.16 bits per heavy atom. The Morgan fingerprint density at radius 1 is 1.42 bits per heavy atom. The van der Waals surface area contributed by atoms with Gasteiger partial charge in [-0.1, -0.05) is 13.3 Å². The highest BCUT2D eigenvalue weighted by molar-refractivity contribution is 5.42. The molecule has 1 aliphatic rings. The van der Waals surface area contributed by atoms with Gasteiger partial charge in [-0.3, -0.25) is 4.90 Å². The summed E-state index contributed by atoms with van der Waals surface area (Å²) >= 11 is 0.